The fourth-order valence-electron chi connectivity index (χ4n) is 4.34. The number of hydrogen-bond donors (Lipinski definition) is 1. The van der Waals surface area contributed by atoms with Gasteiger partial charge in [0.2, 0.25) is 0 Å². The van der Waals surface area contributed by atoms with Gasteiger partial charge in [0.25, 0.3) is 5.91 Å². The van der Waals surface area contributed by atoms with Crippen molar-refractivity contribution in [3.05, 3.63) is 65.7 Å². The molecular weight excluding hydrogens is 392 g/mol. The van der Waals surface area contributed by atoms with Crippen molar-refractivity contribution in [1.82, 2.24) is 14.8 Å². The van der Waals surface area contributed by atoms with E-state index in [9.17, 15) is 10.0 Å². The van der Waals surface area contributed by atoms with E-state index in [0.29, 0.717) is 30.3 Å². The van der Waals surface area contributed by atoms with Gasteiger partial charge in [0, 0.05) is 55.3 Å². The predicted octanol–water partition coefficient (Wildman–Crippen LogP) is 3.52. The topological polar surface area (TPSA) is 82.2 Å². The van der Waals surface area contributed by atoms with Crippen molar-refractivity contribution in [2.24, 2.45) is 5.16 Å². The number of aromatic nitrogens is 1. The van der Waals surface area contributed by atoms with Crippen LogP contribution in [0.1, 0.15) is 28.1 Å². The van der Waals surface area contributed by atoms with E-state index >= 15 is 0 Å². The standard InChI is InChI=1S/C24H24N4O3/c1-27-10-12-28(13-11-27)24(29)22-15-20(16-6-8-25-9-7-16)23(31-22)18-2-4-19-17(14-18)3-5-21(19)26-30/h2,4,6-9,14-15,30H,3,5,10-13H2,1H3. The van der Waals surface area contributed by atoms with Gasteiger partial charge in [0.15, 0.2) is 5.76 Å². The fraction of sp³-hybridized carbons (Fsp3) is 0.292. The van der Waals surface area contributed by atoms with Gasteiger partial charge < -0.3 is 19.4 Å². The molecule has 1 N–H and O–H groups in total. The average Bonchev–Trinajstić information content (AvgIpc) is 3.44. The number of pyridine rings is 1. The van der Waals surface area contributed by atoms with E-state index in [1.807, 2.05) is 35.2 Å². The maximum absolute atomic E-state index is 13.2. The number of fused-ring (bicyclic) bond motifs is 1. The normalized spacial score (nSPS) is 17.8. The van der Waals surface area contributed by atoms with Gasteiger partial charge in [-0.05, 0) is 55.3 Å². The van der Waals surface area contributed by atoms with Gasteiger partial charge in [-0.1, -0.05) is 17.3 Å². The van der Waals surface area contributed by atoms with Crippen molar-refractivity contribution in [3.63, 3.8) is 0 Å². The van der Waals surface area contributed by atoms with Gasteiger partial charge in [0.1, 0.15) is 5.76 Å². The second-order valence-electron chi connectivity index (χ2n) is 8.10. The summed E-state index contributed by atoms with van der Waals surface area (Å²) >= 11 is 0. The molecule has 1 aromatic carbocycles. The van der Waals surface area contributed by atoms with Crippen LogP contribution in [0.3, 0.4) is 0 Å². The molecule has 1 aliphatic heterocycles. The molecule has 31 heavy (non-hydrogen) atoms. The van der Waals surface area contributed by atoms with Crippen LogP contribution in [0.15, 0.2) is 58.4 Å². The molecule has 0 bridgehead atoms. The third-order valence-corrected chi connectivity index (χ3v) is 6.15. The molecule has 1 aliphatic carbocycles. The van der Waals surface area contributed by atoms with Gasteiger partial charge in [0.05, 0.1) is 5.71 Å². The average molecular weight is 416 g/mol. The van der Waals surface area contributed by atoms with Gasteiger partial charge in [-0.25, -0.2) is 0 Å². The molecule has 2 aliphatic rings. The lowest BCUT2D eigenvalue weighted by Crippen LogP contribution is -2.47. The first kappa shape index (κ1) is 19.5. The molecule has 1 amide bonds. The van der Waals surface area contributed by atoms with Crippen LogP contribution in [0.25, 0.3) is 22.5 Å². The molecule has 0 saturated carbocycles. The number of amides is 1. The maximum atomic E-state index is 13.2. The Bertz CT molecular complexity index is 1140. The van der Waals surface area contributed by atoms with Crippen molar-refractivity contribution < 1.29 is 14.4 Å². The van der Waals surface area contributed by atoms with Crippen LogP contribution in [0.2, 0.25) is 0 Å². The van der Waals surface area contributed by atoms with Crippen molar-refractivity contribution in [1.29, 1.82) is 0 Å². The number of hydrogen-bond acceptors (Lipinski definition) is 6. The lowest BCUT2D eigenvalue weighted by Gasteiger charge is -2.31. The summed E-state index contributed by atoms with van der Waals surface area (Å²) in [6.07, 6.45) is 5.01. The van der Waals surface area contributed by atoms with E-state index in [2.05, 4.69) is 28.2 Å². The summed E-state index contributed by atoms with van der Waals surface area (Å²) < 4.78 is 6.21. The van der Waals surface area contributed by atoms with E-state index in [0.717, 1.165) is 53.7 Å². The second kappa shape index (κ2) is 8.00. The van der Waals surface area contributed by atoms with E-state index in [1.165, 1.54) is 0 Å². The molecule has 0 radical (unpaired) electrons. The molecule has 158 valence electrons. The highest BCUT2D eigenvalue weighted by Gasteiger charge is 2.26. The minimum absolute atomic E-state index is 0.0782. The van der Waals surface area contributed by atoms with Gasteiger partial charge >= 0.3 is 0 Å². The Labute approximate surface area is 180 Å². The first-order valence-electron chi connectivity index (χ1n) is 10.5. The second-order valence-corrected chi connectivity index (χ2v) is 8.10. The number of benzene rings is 1. The molecule has 0 spiro atoms. The lowest BCUT2D eigenvalue weighted by molar-refractivity contribution is 0.0633. The van der Waals surface area contributed by atoms with Crippen LogP contribution in [0, 0.1) is 0 Å². The summed E-state index contributed by atoms with van der Waals surface area (Å²) in [4.78, 5) is 21.3. The molecule has 1 fully saturated rings. The quantitative estimate of drug-likeness (QED) is 0.522. The maximum Gasteiger partial charge on any atom is 0.289 e. The lowest BCUT2D eigenvalue weighted by atomic mass is 9.99. The number of nitrogens with zero attached hydrogens (tertiary/aromatic N) is 4. The highest BCUT2D eigenvalue weighted by molar-refractivity contribution is 6.04. The largest absolute Gasteiger partial charge is 0.450 e. The minimum atomic E-state index is -0.0782. The zero-order chi connectivity index (χ0) is 21.4. The van der Waals surface area contributed by atoms with Crippen LogP contribution in [-0.4, -0.2) is 64.8 Å². The van der Waals surface area contributed by atoms with Gasteiger partial charge in [-0.3, -0.25) is 9.78 Å². The first-order valence-corrected chi connectivity index (χ1v) is 10.5. The molecule has 1 saturated heterocycles. The Kier molecular flexibility index (Phi) is 5.03. The molecule has 0 unspecified atom stereocenters. The highest BCUT2D eigenvalue weighted by Crippen LogP contribution is 2.37. The molecule has 3 aromatic rings. The Hall–Kier alpha value is -3.45. The Morgan fingerprint density at radius 2 is 1.77 bits per heavy atom. The predicted molar refractivity (Wildman–Crippen MR) is 117 cm³/mol. The summed E-state index contributed by atoms with van der Waals surface area (Å²) in [5, 5.41) is 12.6. The molecule has 2 aromatic heterocycles. The van der Waals surface area contributed by atoms with E-state index in [1.54, 1.807) is 12.4 Å². The van der Waals surface area contributed by atoms with E-state index < -0.39 is 0 Å². The van der Waals surface area contributed by atoms with Crippen LogP contribution >= 0.6 is 0 Å². The van der Waals surface area contributed by atoms with Crippen molar-refractivity contribution in [2.45, 2.75) is 12.8 Å². The van der Waals surface area contributed by atoms with Crippen LogP contribution in [0.5, 0.6) is 0 Å². The number of rotatable bonds is 3. The zero-order valence-corrected chi connectivity index (χ0v) is 17.4. The number of oxime groups is 1. The number of aryl methyl sites for hydroxylation is 1. The first-order chi connectivity index (χ1) is 15.1. The van der Waals surface area contributed by atoms with Crippen molar-refractivity contribution in [3.8, 4) is 22.5 Å². The summed E-state index contributed by atoms with van der Waals surface area (Å²) in [5.41, 5.74) is 5.52. The third kappa shape index (κ3) is 3.61. The number of carbonyl (C=O) groups is 1. The van der Waals surface area contributed by atoms with E-state index in [-0.39, 0.29) is 5.91 Å². The van der Waals surface area contributed by atoms with Gasteiger partial charge in [-0.15, -0.1) is 0 Å². The smallest absolute Gasteiger partial charge is 0.289 e. The molecular formula is C24H24N4O3. The number of piperazine rings is 1. The number of carbonyl (C=O) groups excluding carboxylic acids is 1. The Balaban J connectivity index is 1.56. The summed E-state index contributed by atoms with van der Waals surface area (Å²) in [6.45, 7) is 3.10. The SMILES string of the molecule is CN1CCN(C(=O)c2cc(-c3ccncc3)c(-c3ccc4c(c3)CCC4=NO)o2)CC1. The monoisotopic (exact) mass is 416 g/mol. The third-order valence-electron chi connectivity index (χ3n) is 6.15. The molecule has 7 heteroatoms. The Morgan fingerprint density at radius 1 is 1.00 bits per heavy atom. The summed E-state index contributed by atoms with van der Waals surface area (Å²) in [6, 6.07) is 11.7. The Morgan fingerprint density at radius 3 is 2.52 bits per heavy atom. The minimum Gasteiger partial charge on any atom is -0.450 e. The number of likely N-dealkylation sites (N-methyl/N-ethyl adjacent to an activating group) is 1. The van der Waals surface area contributed by atoms with Gasteiger partial charge in [-0.2, -0.15) is 0 Å². The van der Waals surface area contributed by atoms with Crippen LogP contribution in [0.4, 0.5) is 0 Å². The fourth-order valence-corrected chi connectivity index (χ4v) is 4.34. The molecule has 7 nitrogen and oxygen atoms in total. The molecule has 3 heterocycles. The highest BCUT2D eigenvalue weighted by atomic mass is 16.4. The van der Waals surface area contributed by atoms with Crippen molar-refractivity contribution in [2.75, 3.05) is 33.2 Å². The van der Waals surface area contributed by atoms with Crippen molar-refractivity contribution >= 4 is 11.6 Å². The van der Waals surface area contributed by atoms with Crippen LogP contribution in [-0.2, 0) is 6.42 Å². The zero-order valence-electron chi connectivity index (χ0n) is 17.4. The molecule has 0 atom stereocenters. The summed E-state index contributed by atoms with van der Waals surface area (Å²) in [5.74, 6) is 0.941. The molecule has 5 rings (SSSR count). The van der Waals surface area contributed by atoms with Crippen LogP contribution < -0.4 is 0 Å². The van der Waals surface area contributed by atoms with E-state index in [4.69, 9.17) is 4.42 Å². The number of furan rings is 1. The summed E-state index contributed by atoms with van der Waals surface area (Å²) in [7, 11) is 2.06.